The molecule has 1 atom stereocenters. The fourth-order valence-electron chi connectivity index (χ4n) is 3.26. The van der Waals surface area contributed by atoms with E-state index in [1.807, 2.05) is 12.1 Å². The number of hydrogen-bond acceptors (Lipinski definition) is 6. The zero-order valence-electron chi connectivity index (χ0n) is 15.6. The molecule has 0 aliphatic carbocycles. The van der Waals surface area contributed by atoms with Crippen LogP contribution >= 0.6 is 22.9 Å². The molecule has 0 radical (unpaired) electrons. The smallest absolute Gasteiger partial charge is 0.338 e. The van der Waals surface area contributed by atoms with Gasteiger partial charge in [-0.2, -0.15) is 0 Å². The Morgan fingerprint density at radius 2 is 1.90 bits per heavy atom. The second-order valence-electron chi connectivity index (χ2n) is 6.41. The predicted molar refractivity (Wildman–Crippen MR) is 111 cm³/mol. The van der Waals surface area contributed by atoms with Gasteiger partial charge in [0.2, 0.25) is 0 Å². The molecule has 29 heavy (non-hydrogen) atoms. The Morgan fingerprint density at radius 1 is 1.21 bits per heavy atom. The van der Waals surface area contributed by atoms with E-state index in [2.05, 4.69) is 9.98 Å². The van der Waals surface area contributed by atoms with Gasteiger partial charge in [0.15, 0.2) is 4.80 Å². The number of aromatic nitrogens is 2. The quantitative estimate of drug-likeness (QED) is 0.604. The first-order valence-corrected chi connectivity index (χ1v) is 9.95. The Balaban J connectivity index is 1.99. The predicted octanol–water partition coefficient (Wildman–Crippen LogP) is 2.46. The number of esters is 1. The molecule has 0 bridgehead atoms. The summed E-state index contributed by atoms with van der Waals surface area (Å²) in [4.78, 5) is 34.9. The van der Waals surface area contributed by atoms with Gasteiger partial charge in [-0.1, -0.05) is 35.1 Å². The van der Waals surface area contributed by atoms with Gasteiger partial charge in [0.25, 0.3) is 5.56 Å². The van der Waals surface area contributed by atoms with E-state index in [0.717, 1.165) is 11.1 Å². The van der Waals surface area contributed by atoms with Gasteiger partial charge in [-0.05, 0) is 48.4 Å². The molecule has 0 saturated heterocycles. The average Bonchev–Trinajstić information content (AvgIpc) is 3.02. The van der Waals surface area contributed by atoms with Gasteiger partial charge in [-0.15, -0.1) is 0 Å². The average molecular weight is 426 g/mol. The highest BCUT2D eigenvalue weighted by atomic mass is 35.5. The van der Waals surface area contributed by atoms with Crippen LogP contribution < -0.4 is 14.9 Å². The summed E-state index contributed by atoms with van der Waals surface area (Å²) in [6.45, 7) is 1.75. The van der Waals surface area contributed by atoms with Gasteiger partial charge in [-0.25, -0.2) is 9.79 Å². The molecule has 3 aromatic rings. The number of halogens is 1. The normalized spacial score (nSPS) is 16.4. The van der Waals surface area contributed by atoms with Crippen molar-refractivity contribution < 1.29 is 9.53 Å². The number of methoxy groups -OCH3 is 1. The zero-order valence-corrected chi connectivity index (χ0v) is 17.2. The standard InChI is InChI=1S/C21H16ClN3O3S/c1-12-17(20(27)28-2)18(14-3-5-15(22)6-4-14)25-19(26)16(29-21(25)24-12)11-13-7-9-23-10-8-13/h3-11,18H,1-2H3/b16-11-. The molecule has 0 amide bonds. The van der Waals surface area contributed by atoms with Crippen molar-refractivity contribution in [1.29, 1.82) is 0 Å². The number of carbonyl (C=O) groups excluding carboxylic acids is 1. The van der Waals surface area contributed by atoms with Crippen LogP contribution in [0.1, 0.15) is 24.1 Å². The first-order chi connectivity index (χ1) is 14.0. The van der Waals surface area contributed by atoms with Gasteiger partial charge in [0.1, 0.15) is 0 Å². The van der Waals surface area contributed by atoms with Crippen molar-refractivity contribution in [3.05, 3.63) is 95.9 Å². The molecule has 146 valence electrons. The summed E-state index contributed by atoms with van der Waals surface area (Å²) in [6, 6.07) is 10.1. The molecular formula is C21H16ClN3O3S. The van der Waals surface area contributed by atoms with Crippen molar-refractivity contribution in [2.75, 3.05) is 7.11 Å². The summed E-state index contributed by atoms with van der Waals surface area (Å²) >= 11 is 7.31. The maximum absolute atomic E-state index is 13.3. The number of carbonyl (C=O) groups is 1. The minimum atomic E-state index is -0.643. The van der Waals surface area contributed by atoms with Gasteiger partial charge in [-0.3, -0.25) is 14.3 Å². The first kappa shape index (κ1) is 19.3. The highest BCUT2D eigenvalue weighted by Gasteiger charge is 2.32. The zero-order chi connectivity index (χ0) is 20.5. The summed E-state index contributed by atoms with van der Waals surface area (Å²) in [5.41, 5.74) is 2.24. The molecular weight excluding hydrogens is 410 g/mol. The highest BCUT2D eigenvalue weighted by molar-refractivity contribution is 7.07. The van der Waals surface area contributed by atoms with Crippen molar-refractivity contribution in [3.8, 4) is 0 Å². The van der Waals surface area contributed by atoms with Crippen LogP contribution in [0.25, 0.3) is 6.08 Å². The fourth-order valence-corrected chi connectivity index (χ4v) is 4.44. The fraction of sp³-hybridized carbons (Fsp3) is 0.143. The van der Waals surface area contributed by atoms with Gasteiger partial charge >= 0.3 is 5.97 Å². The number of hydrogen-bond donors (Lipinski definition) is 0. The van der Waals surface area contributed by atoms with Gasteiger partial charge < -0.3 is 4.74 Å². The lowest BCUT2D eigenvalue weighted by atomic mass is 9.96. The lowest BCUT2D eigenvalue weighted by Crippen LogP contribution is -2.39. The van der Waals surface area contributed by atoms with E-state index in [1.165, 1.54) is 18.4 Å². The summed E-state index contributed by atoms with van der Waals surface area (Å²) in [6.07, 6.45) is 5.12. The maximum atomic E-state index is 13.3. The number of pyridine rings is 1. The summed E-state index contributed by atoms with van der Waals surface area (Å²) in [7, 11) is 1.32. The highest BCUT2D eigenvalue weighted by Crippen LogP contribution is 2.31. The number of benzene rings is 1. The number of ether oxygens (including phenoxy) is 1. The molecule has 1 aliphatic rings. The van der Waals surface area contributed by atoms with Crippen LogP contribution in [0.5, 0.6) is 0 Å². The van der Waals surface area contributed by atoms with Crippen molar-refractivity contribution >= 4 is 35.0 Å². The summed E-state index contributed by atoms with van der Waals surface area (Å²) in [5, 5.41) is 0.569. The number of thiazole rings is 1. The van der Waals surface area contributed by atoms with Gasteiger partial charge in [0, 0.05) is 17.4 Å². The van der Waals surface area contributed by atoms with Crippen LogP contribution in [0, 0.1) is 0 Å². The van der Waals surface area contributed by atoms with E-state index in [0.29, 0.717) is 25.6 Å². The molecule has 1 unspecified atom stereocenters. The van der Waals surface area contributed by atoms with E-state index in [9.17, 15) is 9.59 Å². The second kappa shape index (κ2) is 7.77. The monoisotopic (exact) mass is 425 g/mol. The number of rotatable bonds is 3. The summed E-state index contributed by atoms with van der Waals surface area (Å²) < 4.78 is 7.05. The summed E-state index contributed by atoms with van der Waals surface area (Å²) in [5.74, 6) is -0.519. The van der Waals surface area contributed by atoms with Crippen molar-refractivity contribution in [2.24, 2.45) is 4.99 Å². The third-order valence-electron chi connectivity index (χ3n) is 4.62. The van der Waals surface area contributed by atoms with Crippen molar-refractivity contribution in [1.82, 2.24) is 9.55 Å². The van der Waals surface area contributed by atoms with E-state index >= 15 is 0 Å². The lowest BCUT2D eigenvalue weighted by Gasteiger charge is -2.24. The minimum absolute atomic E-state index is 0.223. The molecule has 6 nitrogen and oxygen atoms in total. The molecule has 8 heteroatoms. The number of nitrogens with zero attached hydrogens (tertiary/aromatic N) is 3. The van der Waals surface area contributed by atoms with E-state index in [4.69, 9.17) is 16.3 Å². The molecule has 0 saturated carbocycles. The topological polar surface area (TPSA) is 73.6 Å². The molecule has 0 spiro atoms. The first-order valence-electron chi connectivity index (χ1n) is 8.76. The number of fused-ring (bicyclic) bond motifs is 1. The van der Waals surface area contributed by atoms with Crippen LogP contribution in [0.2, 0.25) is 5.02 Å². The molecule has 2 aromatic heterocycles. The minimum Gasteiger partial charge on any atom is -0.466 e. The molecule has 1 aromatic carbocycles. The number of allylic oxidation sites excluding steroid dienone is 1. The van der Waals surface area contributed by atoms with Crippen molar-refractivity contribution in [2.45, 2.75) is 13.0 Å². The molecule has 1 aliphatic heterocycles. The Morgan fingerprint density at radius 3 is 2.55 bits per heavy atom. The van der Waals surface area contributed by atoms with Gasteiger partial charge in [0.05, 0.1) is 29.0 Å². The SMILES string of the molecule is COC(=O)C1=C(C)N=c2s/c(=C\c3ccncc3)c(=O)n2C1c1ccc(Cl)cc1. The molecule has 4 rings (SSSR count). The van der Waals surface area contributed by atoms with Crippen LogP contribution in [-0.2, 0) is 9.53 Å². The van der Waals surface area contributed by atoms with Crippen LogP contribution in [0.3, 0.4) is 0 Å². The third-order valence-corrected chi connectivity index (χ3v) is 5.85. The third kappa shape index (κ3) is 3.54. The van der Waals surface area contributed by atoms with E-state index in [-0.39, 0.29) is 5.56 Å². The van der Waals surface area contributed by atoms with Crippen LogP contribution in [-0.4, -0.2) is 22.6 Å². The Labute approximate surface area is 175 Å². The lowest BCUT2D eigenvalue weighted by molar-refractivity contribution is -0.136. The maximum Gasteiger partial charge on any atom is 0.338 e. The Kier molecular flexibility index (Phi) is 5.17. The Bertz CT molecular complexity index is 1290. The molecule has 0 N–H and O–H groups in total. The van der Waals surface area contributed by atoms with Crippen LogP contribution in [0.4, 0.5) is 0 Å². The van der Waals surface area contributed by atoms with E-state index in [1.54, 1.807) is 54.2 Å². The van der Waals surface area contributed by atoms with Crippen molar-refractivity contribution in [3.63, 3.8) is 0 Å². The molecule has 3 heterocycles. The molecule has 0 fully saturated rings. The van der Waals surface area contributed by atoms with E-state index < -0.39 is 12.0 Å². The Hall–Kier alpha value is -3.03. The largest absolute Gasteiger partial charge is 0.466 e. The second-order valence-corrected chi connectivity index (χ2v) is 7.85. The van der Waals surface area contributed by atoms with Crippen LogP contribution in [0.15, 0.2) is 69.8 Å².